The van der Waals surface area contributed by atoms with Gasteiger partial charge in [-0.25, -0.2) is 9.31 Å². The Labute approximate surface area is 183 Å². The molecule has 0 atom stereocenters. The number of anilines is 1. The summed E-state index contributed by atoms with van der Waals surface area (Å²) in [5.41, 5.74) is 9.90. The van der Waals surface area contributed by atoms with Crippen LogP contribution >= 0.6 is 11.6 Å². The first-order valence-corrected chi connectivity index (χ1v) is 9.84. The fourth-order valence-corrected chi connectivity index (χ4v) is 3.60. The summed E-state index contributed by atoms with van der Waals surface area (Å²) in [6.45, 7) is 0.461. The number of amides is 1. The fourth-order valence-electron chi connectivity index (χ4n) is 3.43. The van der Waals surface area contributed by atoms with Crippen molar-refractivity contribution < 1.29 is 14.7 Å². The highest BCUT2D eigenvalue weighted by molar-refractivity contribution is 6.31. The van der Waals surface area contributed by atoms with E-state index in [1.807, 2.05) is 24.3 Å². The molecule has 31 heavy (non-hydrogen) atoms. The van der Waals surface area contributed by atoms with Crippen molar-refractivity contribution in [3.63, 3.8) is 0 Å². The van der Waals surface area contributed by atoms with Crippen LogP contribution in [0.25, 0.3) is 16.6 Å². The van der Waals surface area contributed by atoms with Crippen LogP contribution in [0, 0.1) is 0 Å². The average molecular weight is 435 g/mol. The van der Waals surface area contributed by atoms with Crippen LogP contribution in [0.3, 0.4) is 0 Å². The van der Waals surface area contributed by atoms with E-state index in [1.165, 1.54) is 24.1 Å². The molecule has 7 nitrogen and oxygen atoms in total. The summed E-state index contributed by atoms with van der Waals surface area (Å²) in [5.74, 6) is -1.51. The minimum absolute atomic E-state index is 0.0468. The minimum atomic E-state index is -1.16. The summed E-state index contributed by atoms with van der Waals surface area (Å²) >= 11 is 5.93. The second-order valence-electron chi connectivity index (χ2n) is 7.04. The zero-order chi connectivity index (χ0) is 22.1. The first-order chi connectivity index (χ1) is 14.9. The van der Waals surface area contributed by atoms with Gasteiger partial charge < -0.3 is 15.7 Å². The Morgan fingerprint density at radius 3 is 2.55 bits per heavy atom. The largest absolute Gasteiger partial charge is 0.478 e. The molecule has 0 aliphatic carbocycles. The molecule has 0 spiro atoms. The molecule has 2 aromatic heterocycles. The number of nitrogens with two attached hydrogens (primary N) is 1. The standard InChI is InChI=1S/C23H19ClN4O3/c1-27(20-7-6-17(24)11-18(20)23(30)31)22(29)16-8-9-28-21(10-16)19(13-26-28)15-4-2-14(12-25)3-5-15/h2-11,13H,12,25H2,1H3,(H,30,31). The molecular weight excluding hydrogens is 416 g/mol. The molecular formula is C23H19ClN4O3. The van der Waals surface area contributed by atoms with E-state index in [0.717, 1.165) is 22.2 Å². The number of pyridine rings is 1. The van der Waals surface area contributed by atoms with Gasteiger partial charge in [0.15, 0.2) is 0 Å². The highest BCUT2D eigenvalue weighted by atomic mass is 35.5. The molecule has 3 N–H and O–H groups in total. The van der Waals surface area contributed by atoms with E-state index in [4.69, 9.17) is 17.3 Å². The summed E-state index contributed by atoms with van der Waals surface area (Å²) in [7, 11) is 1.53. The molecule has 0 unspecified atom stereocenters. The number of aromatic nitrogens is 2. The van der Waals surface area contributed by atoms with Gasteiger partial charge in [-0.3, -0.25) is 4.79 Å². The van der Waals surface area contributed by atoms with Crippen molar-refractivity contribution in [3.8, 4) is 11.1 Å². The number of carboxylic acids is 1. The minimum Gasteiger partial charge on any atom is -0.478 e. The number of carboxylic acid groups (broad SMARTS) is 1. The van der Waals surface area contributed by atoms with Gasteiger partial charge in [0.1, 0.15) is 0 Å². The van der Waals surface area contributed by atoms with Crippen LogP contribution in [0.5, 0.6) is 0 Å². The summed E-state index contributed by atoms with van der Waals surface area (Å²) in [6.07, 6.45) is 3.45. The molecule has 156 valence electrons. The number of carbonyl (C=O) groups is 2. The van der Waals surface area contributed by atoms with E-state index in [9.17, 15) is 14.7 Å². The SMILES string of the molecule is CN(C(=O)c1ccn2ncc(-c3ccc(CN)cc3)c2c1)c1ccc(Cl)cc1C(=O)O. The number of nitrogens with zero attached hydrogens (tertiary/aromatic N) is 3. The zero-order valence-electron chi connectivity index (χ0n) is 16.6. The van der Waals surface area contributed by atoms with Gasteiger partial charge in [0.25, 0.3) is 5.91 Å². The maximum atomic E-state index is 13.2. The Morgan fingerprint density at radius 2 is 1.87 bits per heavy atom. The van der Waals surface area contributed by atoms with Crippen LogP contribution in [0.4, 0.5) is 5.69 Å². The predicted octanol–water partition coefficient (Wildman–Crippen LogP) is 4.09. The molecule has 0 saturated heterocycles. The highest BCUT2D eigenvalue weighted by Gasteiger charge is 2.21. The van der Waals surface area contributed by atoms with Crippen molar-refractivity contribution in [2.24, 2.45) is 5.73 Å². The number of fused-ring (bicyclic) bond motifs is 1. The molecule has 1 amide bonds. The molecule has 0 radical (unpaired) electrons. The van der Waals surface area contributed by atoms with Crippen molar-refractivity contribution in [1.82, 2.24) is 9.61 Å². The van der Waals surface area contributed by atoms with E-state index in [1.54, 1.807) is 35.1 Å². The summed E-state index contributed by atoms with van der Waals surface area (Å²) in [6, 6.07) is 15.6. The molecule has 0 aliphatic heterocycles. The number of carbonyl (C=O) groups excluding carboxylic acids is 1. The Balaban J connectivity index is 1.73. The third kappa shape index (κ3) is 3.88. The normalized spacial score (nSPS) is 10.9. The van der Waals surface area contributed by atoms with E-state index >= 15 is 0 Å². The van der Waals surface area contributed by atoms with Crippen molar-refractivity contribution in [2.45, 2.75) is 6.54 Å². The van der Waals surface area contributed by atoms with Gasteiger partial charge in [0.05, 0.1) is 23.0 Å². The van der Waals surface area contributed by atoms with Gasteiger partial charge in [-0.2, -0.15) is 5.10 Å². The molecule has 4 aromatic rings. The lowest BCUT2D eigenvalue weighted by atomic mass is 10.0. The fraction of sp³-hybridized carbons (Fsp3) is 0.0870. The Hall–Kier alpha value is -3.68. The second-order valence-corrected chi connectivity index (χ2v) is 7.47. The van der Waals surface area contributed by atoms with Gasteiger partial charge in [0.2, 0.25) is 0 Å². The summed E-state index contributed by atoms with van der Waals surface area (Å²) in [5, 5.41) is 14.1. The van der Waals surface area contributed by atoms with Crippen LogP contribution in [-0.2, 0) is 6.54 Å². The van der Waals surface area contributed by atoms with Crippen molar-refractivity contribution in [3.05, 3.63) is 88.7 Å². The summed E-state index contributed by atoms with van der Waals surface area (Å²) in [4.78, 5) is 26.1. The van der Waals surface area contributed by atoms with E-state index in [-0.39, 0.29) is 22.2 Å². The highest BCUT2D eigenvalue weighted by Crippen LogP contribution is 2.28. The topological polar surface area (TPSA) is 101 Å². The molecule has 0 fully saturated rings. The van der Waals surface area contributed by atoms with Gasteiger partial charge in [0, 0.05) is 35.9 Å². The number of hydrogen-bond acceptors (Lipinski definition) is 4. The second kappa shape index (κ2) is 8.22. The van der Waals surface area contributed by atoms with Gasteiger partial charge in [-0.15, -0.1) is 0 Å². The average Bonchev–Trinajstić information content (AvgIpc) is 3.21. The molecule has 2 heterocycles. The number of hydrogen-bond donors (Lipinski definition) is 2. The maximum absolute atomic E-state index is 13.2. The molecule has 0 bridgehead atoms. The third-order valence-electron chi connectivity index (χ3n) is 5.12. The molecule has 0 aliphatic rings. The van der Waals surface area contributed by atoms with Gasteiger partial charge in [-0.05, 0) is 41.5 Å². The van der Waals surface area contributed by atoms with Gasteiger partial charge >= 0.3 is 5.97 Å². The first kappa shape index (κ1) is 20.6. The van der Waals surface area contributed by atoms with Gasteiger partial charge in [-0.1, -0.05) is 35.9 Å². The summed E-state index contributed by atoms with van der Waals surface area (Å²) < 4.78 is 1.69. The number of aromatic carboxylic acids is 1. The van der Waals surface area contributed by atoms with E-state index < -0.39 is 5.97 Å². The van der Waals surface area contributed by atoms with Crippen LogP contribution in [-0.4, -0.2) is 33.6 Å². The lowest BCUT2D eigenvalue weighted by Gasteiger charge is -2.20. The first-order valence-electron chi connectivity index (χ1n) is 9.46. The molecule has 0 saturated carbocycles. The van der Waals surface area contributed by atoms with Crippen LogP contribution in [0.15, 0.2) is 67.0 Å². The van der Waals surface area contributed by atoms with Crippen molar-refractivity contribution >= 4 is 34.7 Å². The number of halogens is 1. The maximum Gasteiger partial charge on any atom is 0.337 e. The predicted molar refractivity (Wildman–Crippen MR) is 120 cm³/mol. The molecule has 4 rings (SSSR count). The van der Waals surface area contributed by atoms with E-state index in [0.29, 0.717) is 12.1 Å². The Bertz CT molecular complexity index is 1300. The molecule has 8 heteroatoms. The third-order valence-corrected chi connectivity index (χ3v) is 5.36. The zero-order valence-corrected chi connectivity index (χ0v) is 17.4. The van der Waals surface area contributed by atoms with E-state index in [2.05, 4.69) is 5.10 Å². The Morgan fingerprint density at radius 1 is 1.13 bits per heavy atom. The monoisotopic (exact) mass is 434 g/mol. The quantitative estimate of drug-likeness (QED) is 0.492. The lowest BCUT2D eigenvalue weighted by Crippen LogP contribution is -2.28. The number of rotatable bonds is 5. The van der Waals surface area contributed by atoms with Crippen LogP contribution in [0.1, 0.15) is 26.3 Å². The number of benzene rings is 2. The smallest absolute Gasteiger partial charge is 0.337 e. The van der Waals surface area contributed by atoms with Crippen molar-refractivity contribution in [2.75, 3.05) is 11.9 Å². The lowest BCUT2D eigenvalue weighted by molar-refractivity contribution is 0.0697. The Kier molecular flexibility index (Phi) is 5.46. The van der Waals surface area contributed by atoms with Crippen LogP contribution in [0.2, 0.25) is 5.02 Å². The molecule has 2 aromatic carbocycles. The van der Waals surface area contributed by atoms with Crippen molar-refractivity contribution in [1.29, 1.82) is 0 Å². The van der Waals surface area contributed by atoms with Crippen LogP contribution < -0.4 is 10.6 Å².